The normalized spacial score (nSPS) is 19.4. The van der Waals surface area contributed by atoms with Gasteiger partial charge < -0.3 is 10.2 Å². The van der Waals surface area contributed by atoms with E-state index >= 15 is 0 Å². The van der Waals surface area contributed by atoms with Crippen LogP contribution in [0.25, 0.3) is 0 Å². The number of nitrogens with one attached hydrogen (secondary N) is 1. The van der Waals surface area contributed by atoms with E-state index in [1.165, 1.54) is 38.8 Å². The Hall–Kier alpha value is -0.0800. The molecule has 0 saturated heterocycles. The zero-order valence-electron chi connectivity index (χ0n) is 12.6. The molecule has 1 rings (SSSR count). The van der Waals surface area contributed by atoms with E-state index in [2.05, 4.69) is 45.0 Å². The van der Waals surface area contributed by atoms with Gasteiger partial charge in [-0.3, -0.25) is 0 Å². The molecule has 0 amide bonds. The molecule has 1 aliphatic carbocycles. The maximum atomic E-state index is 3.63. The number of nitrogens with zero attached hydrogens (tertiary/aromatic N) is 1. The maximum absolute atomic E-state index is 3.63. The Morgan fingerprint density at radius 3 is 2.35 bits per heavy atom. The number of hydrogen-bond donors (Lipinski definition) is 1. The zero-order valence-corrected chi connectivity index (χ0v) is 12.6. The molecular weight excluding hydrogens is 208 g/mol. The zero-order chi connectivity index (χ0) is 12.9. The van der Waals surface area contributed by atoms with Crippen molar-refractivity contribution in [2.24, 2.45) is 11.3 Å². The molecule has 17 heavy (non-hydrogen) atoms. The molecule has 0 aromatic carbocycles. The van der Waals surface area contributed by atoms with E-state index in [0.29, 0.717) is 11.5 Å². The standard InChI is InChI=1S/C15H32N2/c1-6-16-14(15(2,3)4)10-11-17(5)12-13-8-7-9-13/h13-14,16H,6-12H2,1-5H3. The third kappa shape index (κ3) is 5.39. The summed E-state index contributed by atoms with van der Waals surface area (Å²) in [6.45, 7) is 12.8. The fourth-order valence-electron chi connectivity index (χ4n) is 2.64. The van der Waals surface area contributed by atoms with Crippen molar-refractivity contribution < 1.29 is 0 Å². The van der Waals surface area contributed by atoms with E-state index < -0.39 is 0 Å². The minimum absolute atomic E-state index is 0.368. The van der Waals surface area contributed by atoms with E-state index in [1.807, 2.05) is 0 Å². The molecule has 2 nitrogen and oxygen atoms in total. The Morgan fingerprint density at radius 1 is 1.29 bits per heavy atom. The van der Waals surface area contributed by atoms with Gasteiger partial charge in [-0.15, -0.1) is 0 Å². The highest BCUT2D eigenvalue weighted by molar-refractivity contribution is 4.81. The summed E-state index contributed by atoms with van der Waals surface area (Å²) in [6, 6.07) is 0.636. The van der Waals surface area contributed by atoms with E-state index in [9.17, 15) is 0 Å². The van der Waals surface area contributed by atoms with Gasteiger partial charge in [0.2, 0.25) is 0 Å². The topological polar surface area (TPSA) is 15.3 Å². The van der Waals surface area contributed by atoms with E-state index in [4.69, 9.17) is 0 Å². The lowest BCUT2D eigenvalue weighted by Gasteiger charge is -2.34. The maximum Gasteiger partial charge on any atom is 0.0128 e. The lowest BCUT2D eigenvalue weighted by atomic mass is 9.83. The summed E-state index contributed by atoms with van der Waals surface area (Å²) >= 11 is 0. The molecule has 102 valence electrons. The van der Waals surface area contributed by atoms with Crippen molar-refractivity contribution in [3.63, 3.8) is 0 Å². The van der Waals surface area contributed by atoms with Crippen LogP contribution in [-0.4, -0.2) is 37.6 Å². The minimum Gasteiger partial charge on any atom is -0.314 e. The SMILES string of the molecule is CCNC(CCN(C)CC1CCC1)C(C)(C)C. The Labute approximate surface area is 108 Å². The minimum atomic E-state index is 0.368. The van der Waals surface area contributed by atoms with Crippen molar-refractivity contribution in [2.75, 3.05) is 26.7 Å². The van der Waals surface area contributed by atoms with Crippen LogP contribution in [-0.2, 0) is 0 Å². The molecule has 0 bridgehead atoms. The Balaban J connectivity index is 2.24. The Bertz CT molecular complexity index is 203. The second-order valence-corrected chi connectivity index (χ2v) is 6.82. The second kappa shape index (κ2) is 6.75. The van der Waals surface area contributed by atoms with Crippen LogP contribution in [0.5, 0.6) is 0 Å². The van der Waals surface area contributed by atoms with Crippen molar-refractivity contribution in [3.05, 3.63) is 0 Å². The molecule has 1 unspecified atom stereocenters. The molecule has 0 spiro atoms. The summed E-state index contributed by atoms with van der Waals surface area (Å²) < 4.78 is 0. The quantitative estimate of drug-likeness (QED) is 0.735. The molecule has 0 aromatic rings. The molecule has 1 atom stereocenters. The van der Waals surface area contributed by atoms with E-state index in [0.717, 1.165) is 12.5 Å². The third-order valence-electron chi connectivity index (χ3n) is 4.09. The fourth-order valence-corrected chi connectivity index (χ4v) is 2.64. The molecule has 2 heteroatoms. The monoisotopic (exact) mass is 240 g/mol. The lowest BCUT2D eigenvalue weighted by molar-refractivity contribution is 0.179. The van der Waals surface area contributed by atoms with Crippen LogP contribution in [0, 0.1) is 11.3 Å². The van der Waals surface area contributed by atoms with Gasteiger partial charge in [0.15, 0.2) is 0 Å². The highest BCUT2D eigenvalue weighted by Gasteiger charge is 2.24. The van der Waals surface area contributed by atoms with Gasteiger partial charge in [0.05, 0.1) is 0 Å². The number of hydrogen-bond acceptors (Lipinski definition) is 2. The predicted octanol–water partition coefficient (Wildman–Crippen LogP) is 3.13. The van der Waals surface area contributed by atoms with Gasteiger partial charge in [0.25, 0.3) is 0 Å². The van der Waals surface area contributed by atoms with Crippen molar-refractivity contribution >= 4 is 0 Å². The molecule has 0 radical (unpaired) electrons. The summed E-state index contributed by atoms with van der Waals surface area (Å²) in [6.07, 6.45) is 5.64. The summed E-state index contributed by atoms with van der Waals surface area (Å²) in [5.41, 5.74) is 0.368. The van der Waals surface area contributed by atoms with Gasteiger partial charge in [-0.2, -0.15) is 0 Å². The van der Waals surface area contributed by atoms with Gasteiger partial charge in [-0.25, -0.2) is 0 Å². The summed E-state index contributed by atoms with van der Waals surface area (Å²) in [5.74, 6) is 0.993. The highest BCUT2D eigenvalue weighted by atomic mass is 15.1. The fraction of sp³-hybridized carbons (Fsp3) is 1.00. The molecule has 0 heterocycles. The average Bonchev–Trinajstić information content (AvgIpc) is 2.16. The van der Waals surface area contributed by atoms with Crippen LogP contribution < -0.4 is 5.32 Å². The third-order valence-corrected chi connectivity index (χ3v) is 4.09. The first-order valence-electron chi connectivity index (χ1n) is 7.35. The molecule has 1 aliphatic rings. The van der Waals surface area contributed by atoms with Gasteiger partial charge in [0.1, 0.15) is 0 Å². The summed E-state index contributed by atoms with van der Waals surface area (Å²) in [4.78, 5) is 2.53. The van der Waals surface area contributed by atoms with Crippen LogP contribution >= 0.6 is 0 Å². The van der Waals surface area contributed by atoms with E-state index in [1.54, 1.807) is 0 Å². The van der Waals surface area contributed by atoms with Gasteiger partial charge in [-0.1, -0.05) is 34.1 Å². The van der Waals surface area contributed by atoms with Gasteiger partial charge in [0, 0.05) is 12.6 Å². The average molecular weight is 240 g/mol. The first kappa shape index (κ1) is 15.0. The molecule has 0 aliphatic heterocycles. The predicted molar refractivity (Wildman–Crippen MR) is 76.4 cm³/mol. The first-order valence-corrected chi connectivity index (χ1v) is 7.35. The Morgan fingerprint density at radius 2 is 1.94 bits per heavy atom. The first-order chi connectivity index (χ1) is 7.93. The van der Waals surface area contributed by atoms with Gasteiger partial charge >= 0.3 is 0 Å². The van der Waals surface area contributed by atoms with Crippen LogP contribution in [0.1, 0.15) is 53.4 Å². The molecule has 0 aromatic heterocycles. The molecule has 1 saturated carbocycles. The summed E-state index contributed by atoms with van der Waals surface area (Å²) in [7, 11) is 2.28. The van der Waals surface area contributed by atoms with Gasteiger partial charge in [-0.05, 0) is 50.7 Å². The molecular formula is C15H32N2. The van der Waals surface area contributed by atoms with E-state index in [-0.39, 0.29) is 0 Å². The molecule has 1 N–H and O–H groups in total. The van der Waals surface area contributed by atoms with Crippen molar-refractivity contribution in [2.45, 2.75) is 59.4 Å². The van der Waals surface area contributed by atoms with Crippen LogP contribution in [0.2, 0.25) is 0 Å². The van der Waals surface area contributed by atoms with Crippen molar-refractivity contribution in [1.82, 2.24) is 10.2 Å². The van der Waals surface area contributed by atoms with Crippen LogP contribution in [0.3, 0.4) is 0 Å². The van der Waals surface area contributed by atoms with Crippen molar-refractivity contribution in [1.29, 1.82) is 0 Å². The highest BCUT2D eigenvalue weighted by Crippen LogP contribution is 2.27. The lowest BCUT2D eigenvalue weighted by Crippen LogP contribution is -2.43. The van der Waals surface area contributed by atoms with Crippen LogP contribution in [0.15, 0.2) is 0 Å². The number of rotatable bonds is 7. The smallest absolute Gasteiger partial charge is 0.0128 e. The molecule has 1 fully saturated rings. The largest absolute Gasteiger partial charge is 0.314 e. The summed E-state index contributed by atoms with van der Waals surface area (Å²) in [5, 5.41) is 3.63. The second-order valence-electron chi connectivity index (χ2n) is 6.82. The van der Waals surface area contributed by atoms with Crippen LogP contribution in [0.4, 0.5) is 0 Å². The van der Waals surface area contributed by atoms with Crippen molar-refractivity contribution in [3.8, 4) is 0 Å². The Kier molecular flexibility index (Phi) is 5.94.